The first-order valence-corrected chi connectivity index (χ1v) is 10.7. The molecule has 3 aliphatic rings. The highest BCUT2D eigenvalue weighted by atomic mass is 16.5. The molecule has 156 valence electrons. The zero-order valence-corrected chi connectivity index (χ0v) is 17.4. The molecule has 2 N–H and O–H groups in total. The van der Waals surface area contributed by atoms with Crippen molar-refractivity contribution in [2.45, 2.75) is 51.4 Å². The minimum absolute atomic E-state index is 0.0373. The summed E-state index contributed by atoms with van der Waals surface area (Å²) in [6, 6.07) is 1.75. The number of nitrogens with one attached hydrogen (secondary N) is 2. The zero-order chi connectivity index (χ0) is 20.2. The van der Waals surface area contributed by atoms with Gasteiger partial charge in [-0.15, -0.1) is 0 Å². The molecule has 3 fully saturated rings. The van der Waals surface area contributed by atoms with Gasteiger partial charge >= 0.3 is 0 Å². The molecule has 4 atom stereocenters. The number of rotatable bonds is 6. The number of aromatic nitrogens is 4. The maximum Gasteiger partial charge on any atom is 0.269 e. The Morgan fingerprint density at radius 1 is 1.48 bits per heavy atom. The van der Waals surface area contributed by atoms with Crippen LogP contribution in [-0.4, -0.2) is 61.9 Å². The molecule has 5 heterocycles. The summed E-state index contributed by atoms with van der Waals surface area (Å²) in [4.78, 5) is 23.2. The molecule has 8 nitrogen and oxygen atoms in total. The molecule has 2 bridgehead atoms. The van der Waals surface area contributed by atoms with Crippen LogP contribution < -0.4 is 5.32 Å². The molecule has 1 amide bonds. The van der Waals surface area contributed by atoms with Crippen LogP contribution in [0.4, 0.5) is 0 Å². The fraction of sp³-hybridized carbons (Fsp3) is 0.667. The number of carbonyl (C=O) groups excluding carboxylic acids is 1. The number of hydrogen-bond donors (Lipinski definition) is 2. The first-order chi connectivity index (χ1) is 14.0. The lowest BCUT2D eigenvalue weighted by Gasteiger charge is -2.29. The van der Waals surface area contributed by atoms with Gasteiger partial charge in [-0.2, -0.15) is 5.10 Å². The van der Waals surface area contributed by atoms with Gasteiger partial charge in [0.1, 0.15) is 11.5 Å². The van der Waals surface area contributed by atoms with Crippen LogP contribution in [-0.2, 0) is 24.8 Å². The van der Waals surface area contributed by atoms with Gasteiger partial charge in [0.15, 0.2) is 0 Å². The molecule has 8 heteroatoms. The van der Waals surface area contributed by atoms with E-state index in [-0.39, 0.29) is 17.6 Å². The SMILES string of the molecule is CCc1nc(CN2C[C@@H]3[C@H](CNC(=O)c4ccnn4C)[C@H]4CC[C@]3(C2)O4)c(C)[nH]1. The Morgan fingerprint density at radius 3 is 3.07 bits per heavy atom. The van der Waals surface area contributed by atoms with E-state index >= 15 is 0 Å². The maximum atomic E-state index is 12.5. The van der Waals surface area contributed by atoms with Crippen molar-refractivity contribution in [3.05, 3.63) is 35.2 Å². The summed E-state index contributed by atoms with van der Waals surface area (Å²) in [6.07, 6.45) is 5.08. The first-order valence-electron chi connectivity index (χ1n) is 10.7. The van der Waals surface area contributed by atoms with Crippen LogP contribution in [0, 0.1) is 18.8 Å². The summed E-state index contributed by atoms with van der Waals surface area (Å²) < 4.78 is 8.14. The summed E-state index contributed by atoms with van der Waals surface area (Å²) in [5.41, 5.74) is 2.87. The van der Waals surface area contributed by atoms with Gasteiger partial charge in [0, 0.05) is 63.4 Å². The van der Waals surface area contributed by atoms with Gasteiger partial charge < -0.3 is 15.0 Å². The summed E-state index contributed by atoms with van der Waals surface area (Å²) in [5.74, 6) is 1.84. The predicted molar refractivity (Wildman–Crippen MR) is 107 cm³/mol. The van der Waals surface area contributed by atoms with E-state index in [4.69, 9.17) is 9.72 Å². The van der Waals surface area contributed by atoms with Crippen molar-refractivity contribution in [3.63, 3.8) is 0 Å². The normalized spacial score (nSPS) is 30.8. The van der Waals surface area contributed by atoms with Crippen LogP contribution in [0.2, 0.25) is 0 Å². The van der Waals surface area contributed by atoms with E-state index in [1.165, 1.54) is 5.69 Å². The molecule has 0 saturated carbocycles. The lowest BCUT2D eigenvalue weighted by molar-refractivity contribution is 0.00202. The molecular formula is C21H30N6O2. The predicted octanol–water partition coefficient (Wildman–Crippen LogP) is 1.42. The molecule has 2 aromatic heterocycles. The Hall–Kier alpha value is -2.19. The van der Waals surface area contributed by atoms with E-state index in [1.54, 1.807) is 24.0 Å². The molecule has 2 aromatic rings. The number of amides is 1. The van der Waals surface area contributed by atoms with Gasteiger partial charge in [-0.25, -0.2) is 4.98 Å². The second-order valence-electron chi connectivity index (χ2n) is 8.86. The third-order valence-corrected chi connectivity index (χ3v) is 7.15. The van der Waals surface area contributed by atoms with Crippen LogP contribution in [0.1, 0.15) is 47.5 Å². The lowest BCUT2D eigenvalue weighted by Crippen LogP contribution is -2.42. The van der Waals surface area contributed by atoms with Gasteiger partial charge in [0.05, 0.1) is 17.4 Å². The van der Waals surface area contributed by atoms with Crippen molar-refractivity contribution >= 4 is 5.91 Å². The number of aryl methyl sites for hydroxylation is 3. The smallest absolute Gasteiger partial charge is 0.269 e. The summed E-state index contributed by atoms with van der Waals surface area (Å²) >= 11 is 0. The molecule has 5 rings (SSSR count). The molecule has 3 aliphatic heterocycles. The Balaban J connectivity index is 1.26. The largest absolute Gasteiger partial charge is 0.370 e. The maximum absolute atomic E-state index is 12.5. The molecule has 3 saturated heterocycles. The average molecular weight is 399 g/mol. The Bertz CT molecular complexity index is 920. The Morgan fingerprint density at radius 2 is 2.34 bits per heavy atom. The van der Waals surface area contributed by atoms with E-state index in [2.05, 4.69) is 34.1 Å². The van der Waals surface area contributed by atoms with Crippen LogP contribution in [0.15, 0.2) is 12.3 Å². The molecule has 0 aliphatic carbocycles. The van der Waals surface area contributed by atoms with Crippen molar-refractivity contribution in [1.29, 1.82) is 0 Å². The monoisotopic (exact) mass is 398 g/mol. The van der Waals surface area contributed by atoms with E-state index in [1.807, 2.05) is 0 Å². The highest BCUT2D eigenvalue weighted by molar-refractivity contribution is 5.92. The van der Waals surface area contributed by atoms with E-state index in [0.29, 0.717) is 24.1 Å². The third kappa shape index (κ3) is 3.09. The number of likely N-dealkylation sites (tertiary alicyclic amines) is 1. The molecule has 29 heavy (non-hydrogen) atoms. The van der Waals surface area contributed by atoms with E-state index in [0.717, 1.165) is 50.4 Å². The number of nitrogens with zero attached hydrogens (tertiary/aromatic N) is 4. The number of H-pyrrole nitrogens is 1. The second kappa shape index (κ2) is 6.95. The molecule has 0 unspecified atom stereocenters. The number of carbonyl (C=O) groups is 1. The molecule has 1 spiro atoms. The van der Waals surface area contributed by atoms with Gasteiger partial charge in [-0.05, 0) is 25.8 Å². The van der Waals surface area contributed by atoms with Gasteiger partial charge in [-0.3, -0.25) is 14.4 Å². The van der Waals surface area contributed by atoms with Crippen molar-refractivity contribution in [3.8, 4) is 0 Å². The number of aromatic amines is 1. The number of imidazole rings is 1. The fourth-order valence-corrected chi connectivity index (χ4v) is 5.67. The van der Waals surface area contributed by atoms with Crippen molar-refractivity contribution < 1.29 is 9.53 Å². The topological polar surface area (TPSA) is 88.1 Å². The molecule has 0 aromatic carbocycles. The molecular weight excluding hydrogens is 368 g/mol. The van der Waals surface area contributed by atoms with Crippen molar-refractivity contribution in [1.82, 2.24) is 30.0 Å². The van der Waals surface area contributed by atoms with Crippen LogP contribution in [0.3, 0.4) is 0 Å². The number of hydrogen-bond acceptors (Lipinski definition) is 5. The quantitative estimate of drug-likeness (QED) is 0.768. The highest BCUT2D eigenvalue weighted by Crippen LogP contribution is 2.54. The minimum Gasteiger partial charge on any atom is -0.370 e. The van der Waals surface area contributed by atoms with Crippen LogP contribution in [0.25, 0.3) is 0 Å². The Labute approximate surface area is 171 Å². The third-order valence-electron chi connectivity index (χ3n) is 7.15. The van der Waals surface area contributed by atoms with Gasteiger partial charge in [0.25, 0.3) is 5.91 Å². The second-order valence-corrected chi connectivity index (χ2v) is 8.86. The van der Waals surface area contributed by atoms with Crippen molar-refractivity contribution in [2.75, 3.05) is 19.6 Å². The summed E-state index contributed by atoms with van der Waals surface area (Å²) in [7, 11) is 1.79. The lowest BCUT2D eigenvalue weighted by atomic mass is 9.73. The van der Waals surface area contributed by atoms with Crippen LogP contribution >= 0.6 is 0 Å². The average Bonchev–Trinajstić information content (AvgIpc) is 3.48. The van der Waals surface area contributed by atoms with Crippen LogP contribution in [0.5, 0.6) is 0 Å². The first kappa shape index (κ1) is 18.8. The molecule has 0 radical (unpaired) electrons. The summed E-state index contributed by atoms with van der Waals surface area (Å²) in [6.45, 7) is 7.73. The zero-order valence-electron chi connectivity index (χ0n) is 17.4. The fourth-order valence-electron chi connectivity index (χ4n) is 5.67. The van der Waals surface area contributed by atoms with Crippen molar-refractivity contribution in [2.24, 2.45) is 18.9 Å². The number of ether oxygens (including phenoxy) is 1. The van der Waals surface area contributed by atoms with Gasteiger partial charge in [0.2, 0.25) is 0 Å². The highest BCUT2D eigenvalue weighted by Gasteiger charge is 2.62. The van der Waals surface area contributed by atoms with Gasteiger partial charge in [-0.1, -0.05) is 6.92 Å². The van der Waals surface area contributed by atoms with E-state index in [9.17, 15) is 4.79 Å². The number of fused-ring (bicyclic) bond motifs is 1. The standard InChI is InChI=1S/C21H30N6O2/c1-4-19-24-13(2)16(25-19)11-27-10-15-14(18-5-7-21(15,12-27)29-18)9-22-20(28)17-6-8-23-26(17)3/h6,8,14-15,18H,4-5,7,9-12H2,1-3H3,(H,22,28)(H,24,25)/t14-,15+,18+,21+/m0/s1. The summed E-state index contributed by atoms with van der Waals surface area (Å²) in [5, 5.41) is 7.22. The van der Waals surface area contributed by atoms with E-state index < -0.39 is 0 Å². The minimum atomic E-state index is -0.0593. The Kier molecular flexibility index (Phi) is 4.51.